The molecule has 2 aromatic rings. The van der Waals surface area contributed by atoms with Crippen LogP contribution in [-0.2, 0) is 9.53 Å². The molecule has 0 fully saturated rings. The molecule has 1 atom stereocenters. The second-order valence-electron chi connectivity index (χ2n) is 5.36. The zero-order valence-electron chi connectivity index (χ0n) is 13.9. The van der Waals surface area contributed by atoms with E-state index in [4.69, 9.17) is 14.4 Å². The topological polar surface area (TPSA) is 83.5 Å². The van der Waals surface area contributed by atoms with Gasteiger partial charge in [0.05, 0.1) is 18.1 Å². The van der Waals surface area contributed by atoms with Crippen molar-refractivity contribution < 1.29 is 23.1 Å². The fourth-order valence-corrected chi connectivity index (χ4v) is 2.16. The van der Waals surface area contributed by atoms with Crippen LogP contribution in [0.25, 0.3) is 11.3 Å². The number of furan rings is 1. The number of nitrogens with zero attached hydrogens (tertiary/aromatic N) is 2. The Morgan fingerprint density at radius 2 is 2.04 bits per heavy atom. The lowest BCUT2D eigenvalue weighted by Gasteiger charge is -2.20. The Bertz CT molecular complexity index is 809. The lowest BCUT2D eigenvalue weighted by Crippen LogP contribution is -2.37. The standard InChI is InChI=1S/C18H17FN2O4/c1-12(17(22)21(2)11-5-10-20)24-18(23)16-9-8-15(25-16)13-6-3-4-7-14(13)19/h3-4,6-9,12H,5,11H2,1-2H3/t12-/m0/s1. The summed E-state index contributed by atoms with van der Waals surface area (Å²) in [4.78, 5) is 25.5. The highest BCUT2D eigenvalue weighted by molar-refractivity contribution is 5.90. The predicted octanol–water partition coefficient (Wildman–Crippen LogP) is 3.00. The van der Waals surface area contributed by atoms with E-state index in [2.05, 4.69) is 0 Å². The third-order valence-corrected chi connectivity index (χ3v) is 3.51. The molecule has 0 unspecified atom stereocenters. The Kier molecular flexibility index (Phi) is 5.90. The van der Waals surface area contributed by atoms with Gasteiger partial charge in [0, 0.05) is 13.6 Å². The van der Waals surface area contributed by atoms with E-state index in [0.717, 1.165) is 0 Å². The number of rotatable bonds is 6. The molecule has 1 amide bonds. The van der Waals surface area contributed by atoms with Crippen molar-refractivity contribution in [1.82, 2.24) is 4.90 Å². The van der Waals surface area contributed by atoms with Crippen LogP contribution in [0.3, 0.4) is 0 Å². The van der Waals surface area contributed by atoms with Gasteiger partial charge >= 0.3 is 5.97 Å². The minimum atomic E-state index is -1.03. The quantitative estimate of drug-likeness (QED) is 0.752. The van der Waals surface area contributed by atoms with Crippen molar-refractivity contribution in [3.8, 4) is 17.4 Å². The number of hydrogen-bond donors (Lipinski definition) is 0. The van der Waals surface area contributed by atoms with E-state index in [1.807, 2.05) is 6.07 Å². The molecule has 0 radical (unpaired) electrons. The van der Waals surface area contributed by atoms with Gasteiger partial charge in [0.25, 0.3) is 5.91 Å². The Morgan fingerprint density at radius 3 is 2.72 bits per heavy atom. The van der Waals surface area contributed by atoms with E-state index in [1.54, 1.807) is 12.1 Å². The number of hydrogen-bond acceptors (Lipinski definition) is 5. The largest absolute Gasteiger partial charge is 0.449 e. The van der Waals surface area contributed by atoms with E-state index < -0.39 is 23.8 Å². The molecule has 6 nitrogen and oxygen atoms in total. The fraction of sp³-hybridized carbons (Fsp3) is 0.278. The molecule has 1 heterocycles. The molecule has 0 aliphatic rings. The van der Waals surface area contributed by atoms with Gasteiger partial charge in [0.15, 0.2) is 6.10 Å². The molecule has 0 aliphatic carbocycles. The number of nitriles is 1. The van der Waals surface area contributed by atoms with Gasteiger partial charge in [-0.1, -0.05) is 12.1 Å². The van der Waals surface area contributed by atoms with Crippen molar-refractivity contribution in [3.63, 3.8) is 0 Å². The summed E-state index contributed by atoms with van der Waals surface area (Å²) in [6.45, 7) is 1.68. The molecule has 25 heavy (non-hydrogen) atoms. The Labute approximate surface area is 144 Å². The maximum Gasteiger partial charge on any atom is 0.375 e. The lowest BCUT2D eigenvalue weighted by molar-refractivity contribution is -0.138. The first-order chi connectivity index (χ1) is 11.9. The number of esters is 1. The smallest absolute Gasteiger partial charge is 0.375 e. The first-order valence-electron chi connectivity index (χ1n) is 7.61. The van der Waals surface area contributed by atoms with E-state index in [0.29, 0.717) is 0 Å². The highest BCUT2D eigenvalue weighted by atomic mass is 19.1. The van der Waals surface area contributed by atoms with Crippen molar-refractivity contribution in [1.29, 1.82) is 5.26 Å². The predicted molar refractivity (Wildman–Crippen MR) is 86.8 cm³/mol. The maximum atomic E-state index is 13.7. The van der Waals surface area contributed by atoms with Crippen molar-refractivity contribution >= 4 is 11.9 Å². The monoisotopic (exact) mass is 344 g/mol. The maximum absolute atomic E-state index is 13.7. The first kappa shape index (κ1) is 18.2. The Hall–Kier alpha value is -3.14. The van der Waals surface area contributed by atoms with E-state index in [9.17, 15) is 14.0 Å². The van der Waals surface area contributed by atoms with Crippen LogP contribution >= 0.6 is 0 Å². The SMILES string of the molecule is C[C@H](OC(=O)c1ccc(-c2ccccc2F)o1)C(=O)N(C)CCC#N. The summed E-state index contributed by atoms with van der Waals surface area (Å²) in [7, 11) is 1.52. The normalized spacial score (nSPS) is 11.4. The van der Waals surface area contributed by atoms with Crippen LogP contribution in [-0.4, -0.2) is 36.5 Å². The second kappa shape index (κ2) is 8.11. The molecule has 0 saturated heterocycles. The minimum absolute atomic E-state index is 0.127. The molecule has 1 aromatic carbocycles. The lowest BCUT2D eigenvalue weighted by atomic mass is 10.1. The number of carbonyl (C=O) groups excluding carboxylic acids is 2. The Morgan fingerprint density at radius 1 is 1.32 bits per heavy atom. The van der Waals surface area contributed by atoms with Crippen LogP contribution < -0.4 is 0 Å². The molecule has 0 spiro atoms. The van der Waals surface area contributed by atoms with E-state index >= 15 is 0 Å². The van der Waals surface area contributed by atoms with Crippen LogP contribution in [0.2, 0.25) is 0 Å². The van der Waals surface area contributed by atoms with Gasteiger partial charge in [-0.25, -0.2) is 9.18 Å². The van der Waals surface area contributed by atoms with Crippen LogP contribution in [0.15, 0.2) is 40.8 Å². The van der Waals surface area contributed by atoms with Crippen molar-refractivity contribution in [3.05, 3.63) is 48.0 Å². The van der Waals surface area contributed by atoms with Crippen LogP contribution in [0.1, 0.15) is 23.9 Å². The average molecular weight is 344 g/mol. The first-order valence-corrected chi connectivity index (χ1v) is 7.61. The van der Waals surface area contributed by atoms with Crippen LogP contribution in [0.4, 0.5) is 4.39 Å². The van der Waals surface area contributed by atoms with Gasteiger partial charge in [-0.15, -0.1) is 0 Å². The zero-order valence-corrected chi connectivity index (χ0v) is 13.9. The summed E-state index contributed by atoms with van der Waals surface area (Å²) in [6, 6.07) is 10.8. The third kappa shape index (κ3) is 4.44. The van der Waals surface area contributed by atoms with Crippen molar-refractivity contribution in [2.75, 3.05) is 13.6 Å². The van der Waals surface area contributed by atoms with Crippen LogP contribution in [0.5, 0.6) is 0 Å². The minimum Gasteiger partial charge on any atom is -0.449 e. The molecule has 7 heteroatoms. The summed E-state index contributed by atoms with van der Waals surface area (Å²) in [6.07, 6.45) is -0.842. The van der Waals surface area contributed by atoms with Gasteiger partial charge in [-0.3, -0.25) is 4.79 Å². The highest BCUT2D eigenvalue weighted by Gasteiger charge is 2.24. The van der Waals surface area contributed by atoms with Crippen molar-refractivity contribution in [2.45, 2.75) is 19.4 Å². The summed E-state index contributed by atoms with van der Waals surface area (Å²) in [5.41, 5.74) is 0.224. The van der Waals surface area contributed by atoms with Gasteiger partial charge in [-0.2, -0.15) is 5.26 Å². The second-order valence-corrected chi connectivity index (χ2v) is 5.36. The van der Waals surface area contributed by atoms with E-state index in [-0.39, 0.29) is 30.0 Å². The Balaban J connectivity index is 2.03. The number of ether oxygens (including phenoxy) is 1. The molecule has 2 rings (SSSR count). The van der Waals surface area contributed by atoms with Crippen LogP contribution in [0, 0.1) is 17.1 Å². The molecular weight excluding hydrogens is 327 g/mol. The fourth-order valence-electron chi connectivity index (χ4n) is 2.16. The molecule has 0 saturated carbocycles. The summed E-state index contributed by atoms with van der Waals surface area (Å²) < 4.78 is 24.2. The van der Waals surface area contributed by atoms with Crippen molar-refractivity contribution in [2.24, 2.45) is 0 Å². The zero-order chi connectivity index (χ0) is 18.4. The highest BCUT2D eigenvalue weighted by Crippen LogP contribution is 2.25. The summed E-state index contributed by atoms with van der Waals surface area (Å²) in [5.74, 6) is -1.66. The van der Waals surface area contributed by atoms with Gasteiger partial charge < -0.3 is 14.1 Å². The summed E-state index contributed by atoms with van der Waals surface area (Å²) >= 11 is 0. The molecule has 0 bridgehead atoms. The third-order valence-electron chi connectivity index (χ3n) is 3.51. The number of benzene rings is 1. The number of halogens is 1. The number of likely N-dealkylation sites (N-methyl/N-ethyl adjacent to an activating group) is 1. The molecule has 0 aliphatic heterocycles. The van der Waals surface area contributed by atoms with Gasteiger partial charge in [0.2, 0.25) is 5.76 Å². The molecular formula is C18H17FN2O4. The average Bonchev–Trinajstić information content (AvgIpc) is 3.09. The molecule has 130 valence electrons. The van der Waals surface area contributed by atoms with Gasteiger partial charge in [0.1, 0.15) is 11.6 Å². The van der Waals surface area contributed by atoms with E-state index in [1.165, 1.54) is 43.1 Å². The van der Waals surface area contributed by atoms with Gasteiger partial charge in [-0.05, 0) is 31.2 Å². The number of carbonyl (C=O) groups is 2. The molecule has 0 N–H and O–H groups in total. The summed E-state index contributed by atoms with van der Waals surface area (Å²) in [5, 5.41) is 8.53. The molecule has 1 aromatic heterocycles. The number of amides is 1.